The van der Waals surface area contributed by atoms with Crippen molar-refractivity contribution in [1.29, 1.82) is 0 Å². The van der Waals surface area contributed by atoms with Gasteiger partial charge in [0.1, 0.15) is 0 Å². The minimum absolute atomic E-state index is 0.316. The van der Waals surface area contributed by atoms with Crippen LogP contribution < -0.4 is 0 Å². The second-order valence-electron chi connectivity index (χ2n) is 3.84. The van der Waals surface area contributed by atoms with Gasteiger partial charge in [0.2, 0.25) is 0 Å². The second kappa shape index (κ2) is 5.05. The van der Waals surface area contributed by atoms with Crippen LogP contribution in [0, 0.1) is 0 Å². The molecule has 13 heavy (non-hydrogen) atoms. The number of rotatable bonds is 4. The average Bonchev–Trinajstić information content (AvgIpc) is 2.08. The van der Waals surface area contributed by atoms with Crippen molar-refractivity contribution in [1.82, 2.24) is 0 Å². The molecular formula is C11H18O2. The number of hydrogen-bond acceptors (Lipinski definition) is 1. The molecule has 1 N–H and O–H groups in total. The van der Waals surface area contributed by atoms with E-state index in [1.165, 1.54) is 36.8 Å². The number of allylic oxidation sites excluding steroid dienone is 2. The third-order valence-electron chi connectivity index (χ3n) is 2.75. The third kappa shape index (κ3) is 3.62. The van der Waals surface area contributed by atoms with Gasteiger partial charge in [0.25, 0.3) is 0 Å². The summed E-state index contributed by atoms with van der Waals surface area (Å²) in [7, 11) is 0. The molecule has 0 aromatic heterocycles. The first-order valence-corrected chi connectivity index (χ1v) is 5.09. The topological polar surface area (TPSA) is 37.3 Å². The number of hydrogen-bond donors (Lipinski definition) is 1. The van der Waals surface area contributed by atoms with E-state index in [9.17, 15) is 4.79 Å². The van der Waals surface area contributed by atoms with Gasteiger partial charge >= 0.3 is 5.97 Å². The maximum atomic E-state index is 10.3. The molecule has 0 fully saturated rings. The van der Waals surface area contributed by atoms with Gasteiger partial charge in [-0.25, -0.2) is 0 Å². The smallest absolute Gasteiger partial charge is 0.303 e. The Labute approximate surface area is 79.6 Å². The molecule has 0 amide bonds. The summed E-state index contributed by atoms with van der Waals surface area (Å²) in [4.78, 5) is 10.3. The van der Waals surface area contributed by atoms with E-state index in [0.29, 0.717) is 6.42 Å². The van der Waals surface area contributed by atoms with E-state index in [1.54, 1.807) is 0 Å². The van der Waals surface area contributed by atoms with Crippen LogP contribution in [-0.4, -0.2) is 11.1 Å². The number of carboxylic acid groups (broad SMARTS) is 1. The summed E-state index contributed by atoms with van der Waals surface area (Å²) in [5, 5.41) is 8.49. The van der Waals surface area contributed by atoms with E-state index < -0.39 is 5.97 Å². The number of carbonyl (C=O) groups is 1. The molecule has 0 bridgehead atoms. The maximum Gasteiger partial charge on any atom is 0.303 e. The van der Waals surface area contributed by atoms with Crippen molar-refractivity contribution >= 4 is 5.97 Å². The van der Waals surface area contributed by atoms with Gasteiger partial charge < -0.3 is 5.11 Å². The van der Waals surface area contributed by atoms with Gasteiger partial charge in [0.05, 0.1) is 0 Å². The molecule has 1 aliphatic rings. The first-order valence-electron chi connectivity index (χ1n) is 5.09. The van der Waals surface area contributed by atoms with Crippen LogP contribution in [0.25, 0.3) is 0 Å². The Kier molecular flexibility index (Phi) is 4.00. The fourth-order valence-corrected chi connectivity index (χ4v) is 1.91. The lowest BCUT2D eigenvalue weighted by Crippen LogP contribution is -1.99. The fourth-order valence-electron chi connectivity index (χ4n) is 1.91. The van der Waals surface area contributed by atoms with Crippen LogP contribution in [0.1, 0.15) is 51.9 Å². The standard InChI is InChI=1S/C11H18O2/c1-9-5-2-3-6-10(9)7-4-8-11(12)13/h2-8H2,1H3,(H,12,13). The van der Waals surface area contributed by atoms with E-state index in [2.05, 4.69) is 6.92 Å². The van der Waals surface area contributed by atoms with E-state index >= 15 is 0 Å². The highest BCUT2D eigenvalue weighted by Gasteiger charge is 2.09. The van der Waals surface area contributed by atoms with Crippen molar-refractivity contribution in [2.45, 2.75) is 51.9 Å². The summed E-state index contributed by atoms with van der Waals surface area (Å²) in [6, 6.07) is 0. The first kappa shape index (κ1) is 10.3. The number of aliphatic carboxylic acids is 1. The van der Waals surface area contributed by atoms with Crippen LogP contribution in [0.5, 0.6) is 0 Å². The van der Waals surface area contributed by atoms with Gasteiger partial charge in [0, 0.05) is 6.42 Å². The predicted molar refractivity (Wildman–Crippen MR) is 52.7 cm³/mol. The van der Waals surface area contributed by atoms with Crippen LogP contribution in [0.3, 0.4) is 0 Å². The van der Waals surface area contributed by atoms with Gasteiger partial charge in [-0.3, -0.25) is 4.79 Å². The fraction of sp³-hybridized carbons (Fsp3) is 0.727. The molecule has 0 spiro atoms. The Balaban J connectivity index is 2.30. The molecule has 0 unspecified atom stereocenters. The zero-order valence-corrected chi connectivity index (χ0v) is 8.31. The molecular weight excluding hydrogens is 164 g/mol. The Morgan fingerprint density at radius 1 is 1.38 bits per heavy atom. The molecule has 2 heteroatoms. The molecule has 0 saturated heterocycles. The summed E-state index contributed by atoms with van der Waals surface area (Å²) < 4.78 is 0. The molecule has 0 saturated carbocycles. The van der Waals surface area contributed by atoms with Gasteiger partial charge in [-0.1, -0.05) is 11.1 Å². The van der Waals surface area contributed by atoms with Crippen molar-refractivity contribution in [3.63, 3.8) is 0 Å². The molecule has 74 valence electrons. The highest BCUT2D eigenvalue weighted by molar-refractivity contribution is 5.66. The summed E-state index contributed by atoms with van der Waals surface area (Å²) in [5.41, 5.74) is 3.03. The Morgan fingerprint density at radius 2 is 2.08 bits per heavy atom. The van der Waals surface area contributed by atoms with Crippen molar-refractivity contribution < 1.29 is 9.90 Å². The van der Waals surface area contributed by atoms with E-state index in [4.69, 9.17) is 5.11 Å². The molecule has 0 aromatic rings. The van der Waals surface area contributed by atoms with Gasteiger partial charge in [-0.05, 0) is 45.4 Å². The number of carboxylic acids is 1. The summed E-state index contributed by atoms with van der Waals surface area (Å²) in [5.74, 6) is -0.672. The van der Waals surface area contributed by atoms with Crippen LogP contribution in [0.4, 0.5) is 0 Å². The third-order valence-corrected chi connectivity index (χ3v) is 2.75. The predicted octanol–water partition coefficient (Wildman–Crippen LogP) is 3.13. The summed E-state index contributed by atoms with van der Waals surface area (Å²) in [6.07, 6.45) is 7.15. The molecule has 1 rings (SSSR count). The summed E-state index contributed by atoms with van der Waals surface area (Å²) in [6.45, 7) is 2.19. The molecule has 2 nitrogen and oxygen atoms in total. The van der Waals surface area contributed by atoms with Gasteiger partial charge in [-0.2, -0.15) is 0 Å². The molecule has 0 heterocycles. The lowest BCUT2D eigenvalue weighted by atomic mass is 9.90. The van der Waals surface area contributed by atoms with Crippen molar-refractivity contribution in [3.05, 3.63) is 11.1 Å². The molecule has 0 atom stereocenters. The van der Waals surface area contributed by atoms with Crippen molar-refractivity contribution in [3.8, 4) is 0 Å². The first-order chi connectivity index (χ1) is 6.20. The van der Waals surface area contributed by atoms with Crippen LogP contribution in [-0.2, 0) is 4.79 Å². The minimum atomic E-state index is -0.672. The highest BCUT2D eigenvalue weighted by Crippen LogP contribution is 2.27. The Hall–Kier alpha value is -0.790. The minimum Gasteiger partial charge on any atom is -0.481 e. The normalized spacial score (nSPS) is 17.6. The van der Waals surface area contributed by atoms with Gasteiger partial charge in [-0.15, -0.1) is 0 Å². The van der Waals surface area contributed by atoms with Crippen molar-refractivity contribution in [2.75, 3.05) is 0 Å². The van der Waals surface area contributed by atoms with E-state index in [1.807, 2.05) is 0 Å². The molecule has 0 radical (unpaired) electrons. The zero-order valence-electron chi connectivity index (χ0n) is 8.31. The van der Waals surface area contributed by atoms with Crippen LogP contribution >= 0.6 is 0 Å². The lowest BCUT2D eigenvalue weighted by molar-refractivity contribution is -0.137. The SMILES string of the molecule is CC1=C(CCCC(=O)O)CCCC1. The highest BCUT2D eigenvalue weighted by atomic mass is 16.4. The lowest BCUT2D eigenvalue weighted by Gasteiger charge is -2.17. The Morgan fingerprint density at radius 3 is 2.69 bits per heavy atom. The Bertz CT molecular complexity index is 216. The van der Waals surface area contributed by atoms with E-state index in [-0.39, 0.29) is 0 Å². The van der Waals surface area contributed by atoms with Crippen LogP contribution in [0.15, 0.2) is 11.1 Å². The van der Waals surface area contributed by atoms with Crippen LogP contribution in [0.2, 0.25) is 0 Å². The quantitative estimate of drug-likeness (QED) is 0.678. The molecule has 0 aromatic carbocycles. The molecule has 0 aliphatic heterocycles. The summed E-state index contributed by atoms with van der Waals surface area (Å²) >= 11 is 0. The van der Waals surface area contributed by atoms with Gasteiger partial charge in [0.15, 0.2) is 0 Å². The maximum absolute atomic E-state index is 10.3. The average molecular weight is 182 g/mol. The second-order valence-corrected chi connectivity index (χ2v) is 3.84. The van der Waals surface area contributed by atoms with E-state index in [0.717, 1.165) is 12.8 Å². The largest absolute Gasteiger partial charge is 0.481 e. The monoisotopic (exact) mass is 182 g/mol. The van der Waals surface area contributed by atoms with Crippen molar-refractivity contribution in [2.24, 2.45) is 0 Å². The zero-order chi connectivity index (χ0) is 9.68. The molecule has 1 aliphatic carbocycles.